The van der Waals surface area contributed by atoms with Crippen LogP contribution in [0.5, 0.6) is 0 Å². The van der Waals surface area contributed by atoms with Gasteiger partial charge in [-0.25, -0.2) is 0 Å². The Balaban J connectivity index is 4.01. The lowest BCUT2D eigenvalue weighted by Crippen LogP contribution is -2.02. The Morgan fingerprint density at radius 2 is 1.46 bits per heavy atom. The molecule has 154 valence electrons. The maximum atomic E-state index is 2.50. The summed E-state index contributed by atoms with van der Waals surface area (Å²) in [5, 5.41) is 0. The van der Waals surface area contributed by atoms with Gasteiger partial charge in [0.25, 0.3) is 0 Å². The Kier molecular flexibility index (Phi) is 15.2. The van der Waals surface area contributed by atoms with Gasteiger partial charge < -0.3 is 0 Å². The van der Waals surface area contributed by atoms with Crippen molar-refractivity contribution in [1.29, 1.82) is 0 Å². The minimum Gasteiger partial charge on any atom is -0.0853 e. The van der Waals surface area contributed by atoms with Crippen molar-refractivity contribution >= 4 is 0 Å². The van der Waals surface area contributed by atoms with E-state index in [0.29, 0.717) is 5.92 Å². The highest BCUT2D eigenvalue weighted by atomic mass is 14.1. The third kappa shape index (κ3) is 13.7. The van der Waals surface area contributed by atoms with Crippen LogP contribution in [0.4, 0.5) is 0 Å². The van der Waals surface area contributed by atoms with Crippen LogP contribution in [-0.4, -0.2) is 0 Å². The van der Waals surface area contributed by atoms with Gasteiger partial charge in [-0.05, 0) is 63.2 Å². The van der Waals surface area contributed by atoms with Gasteiger partial charge in [-0.1, -0.05) is 103 Å². The third-order valence-corrected chi connectivity index (χ3v) is 6.25. The number of hydrogen-bond donors (Lipinski definition) is 0. The van der Waals surface area contributed by atoms with Gasteiger partial charge in [0.15, 0.2) is 0 Å². The molecule has 0 bridgehead atoms. The molecule has 0 aromatic carbocycles. The van der Waals surface area contributed by atoms with Crippen molar-refractivity contribution in [1.82, 2.24) is 0 Å². The average Bonchev–Trinajstić information content (AvgIpc) is 2.60. The molecule has 0 aliphatic heterocycles. The molecule has 0 radical (unpaired) electrons. The maximum Gasteiger partial charge on any atom is -0.0263 e. The molecule has 0 N–H and O–H groups in total. The third-order valence-electron chi connectivity index (χ3n) is 6.25. The SMILES string of the molecule is CCCC(C)CC=C(C)CCC(C)CCCC(CC)CC=C(C)C(C)C. The lowest BCUT2D eigenvalue weighted by Gasteiger charge is -2.16. The van der Waals surface area contributed by atoms with E-state index in [9.17, 15) is 0 Å². The predicted molar refractivity (Wildman–Crippen MR) is 122 cm³/mol. The Morgan fingerprint density at radius 1 is 0.769 bits per heavy atom. The Morgan fingerprint density at radius 3 is 2.04 bits per heavy atom. The number of rotatable bonds is 15. The van der Waals surface area contributed by atoms with Crippen molar-refractivity contribution in [3.63, 3.8) is 0 Å². The molecule has 0 aromatic rings. The molecule has 0 saturated carbocycles. The Labute approximate surface area is 166 Å². The Bertz CT molecular complexity index is 385. The van der Waals surface area contributed by atoms with Gasteiger partial charge in [0, 0.05) is 0 Å². The molecule has 0 heteroatoms. The molecule has 26 heavy (non-hydrogen) atoms. The van der Waals surface area contributed by atoms with Crippen LogP contribution in [0.2, 0.25) is 0 Å². The van der Waals surface area contributed by atoms with E-state index >= 15 is 0 Å². The molecular weight excluding hydrogens is 312 g/mol. The summed E-state index contributed by atoms with van der Waals surface area (Å²) < 4.78 is 0. The summed E-state index contributed by atoms with van der Waals surface area (Å²) in [6, 6.07) is 0. The summed E-state index contributed by atoms with van der Waals surface area (Å²) in [4.78, 5) is 0. The smallest absolute Gasteiger partial charge is 0.0263 e. The minimum atomic E-state index is 0.703. The van der Waals surface area contributed by atoms with Crippen molar-refractivity contribution < 1.29 is 0 Å². The molecule has 0 fully saturated rings. The van der Waals surface area contributed by atoms with E-state index in [1.54, 1.807) is 11.1 Å². The van der Waals surface area contributed by atoms with E-state index in [4.69, 9.17) is 0 Å². The fourth-order valence-corrected chi connectivity index (χ4v) is 3.57. The quantitative estimate of drug-likeness (QED) is 0.254. The first-order chi connectivity index (χ1) is 12.3. The second kappa shape index (κ2) is 15.5. The highest BCUT2D eigenvalue weighted by Gasteiger charge is 2.08. The predicted octanol–water partition coefficient (Wildman–Crippen LogP) is 9.36. The van der Waals surface area contributed by atoms with Crippen molar-refractivity contribution in [3.05, 3.63) is 23.3 Å². The monoisotopic (exact) mass is 362 g/mol. The second-order valence-corrected chi connectivity index (χ2v) is 9.37. The zero-order chi connectivity index (χ0) is 19.9. The molecule has 0 heterocycles. The lowest BCUT2D eigenvalue weighted by atomic mass is 9.90. The first-order valence-corrected chi connectivity index (χ1v) is 11.6. The zero-order valence-electron chi connectivity index (χ0n) is 19.5. The van der Waals surface area contributed by atoms with Crippen molar-refractivity contribution in [2.24, 2.45) is 23.7 Å². The van der Waals surface area contributed by atoms with Gasteiger partial charge in [0.1, 0.15) is 0 Å². The van der Waals surface area contributed by atoms with Crippen molar-refractivity contribution in [2.75, 3.05) is 0 Å². The molecule has 0 aliphatic rings. The molecule has 0 aromatic heterocycles. The summed E-state index contributed by atoms with van der Waals surface area (Å²) in [6.07, 6.45) is 18.5. The topological polar surface area (TPSA) is 0 Å². The van der Waals surface area contributed by atoms with Gasteiger partial charge in [-0.15, -0.1) is 0 Å². The van der Waals surface area contributed by atoms with Crippen LogP contribution in [0.3, 0.4) is 0 Å². The van der Waals surface area contributed by atoms with Crippen molar-refractivity contribution in [3.8, 4) is 0 Å². The van der Waals surface area contributed by atoms with Crippen LogP contribution in [0, 0.1) is 23.7 Å². The van der Waals surface area contributed by atoms with Crippen LogP contribution in [-0.2, 0) is 0 Å². The van der Waals surface area contributed by atoms with E-state index < -0.39 is 0 Å². The summed E-state index contributed by atoms with van der Waals surface area (Å²) >= 11 is 0. The zero-order valence-corrected chi connectivity index (χ0v) is 19.5. The normalized spacial score (nSPS) is 16.8. The lowest BCUT2D eigenvalue weighted by molar-refractivity contribution is 0.402. The standard InChI is InChI=1S/C26H50/c1-9-12-22(5)15-17-24(7)18-16-23(6)13-11-14-26(10-2)20-19-25(8)21(3)4/h17,19,21-23,26H,9-16,18,20H2,1-8H3. The number of allylic oxidation sites excluding steroid dienone is 4. The number of hydrogen-bond acceptors (Lipinski definition) is 0. The average molecular weight is 363 g/mol. The van der Waals surface area contributed by atoms with Gasteiger partial charge in [-0.2, -0.15) is 0 Å². The molecule has 0 rings (SSSR count). The maximum absolute atomic E-state index is 2.50. The fourth-order valence-electron chi connectivity index (χ4n) is 3.57. The highest BCUT2D eigenvalue weighted by Crippen LogP contribution is 2.24. The largest absolute Gasteiger partial charge is 0.0853 e. The molecule has 0 saturated heterocycles. The summed E-state index contributed by atoms with van der Waals surface area (Å²) in [6.45, 7) is 18.7. The van der Waals surface area contributed by atoms with E-state index in [1.807, 2.05) is 0 Å². The molecule has 3 unspecified atom stereocenters. The van der Waals surface area contributed by atoms with Crippen LogP contribution in [0.1, 0.15) is 120 Å². The van der Waals surface area contributed by atoms with Crippen molar-refractivity contribution in [2.45, 2.75) is 120 Å². The first-order valence-electron chi connectivity index (χ1n) is 11.6. The van der Waals surface area contributed by atoms with E-state index in [-0.39, 0.29) is 0 Å². The van der Waals surface area contributed by atoms with E-state index in [1.165, 1.54) is 64.2 Å². The van der Waals surface area contributed by atoms with Gasteiger partial charge in [0.05, 0.1) is 0 Å². The molecular formula is C26H50. The van der Waals surface area contributed by atoms with E-state index in [0.717, 1.165) is 17.8 Å². The second-order valence-electron chi connectivity index (χ2n) is 9.37. The van der Waals surface area contributed by atoms with E-state index in [2.05, 4.69) is 67.5 Å². The fraction of sp³-hybridized carbons (Fsp3) is 0.846. The summed E-state index contributed by atoms with van der Waals surface area (Å²) in [7, 11) is 0. The van der Waals surface area contributed by atoms with Crippen LogP contribution in [0.25, 0.3) is 0 Å². The van der Waals surface area contributed by atoms with Crippen LogP contribution < -0.4 is 0 Å². The van der Waals surface area contributed by atoms with Gasteiger partial charge in [0.2, 0.25) is 0 Å². The minimum absolute atomic E-state index is 0.703. The van der Waals surface area contributed by atoms with Crippen LogP contribution >= 0.6 is 0 Å². The highest BCUT2D eigenvalue weighted by molar-refractivity contribution is 5.01. The molecule has 3 atom stereocenters. The Hall–Kier alpha value is -0.520. The molecule has 0 amide bonds. The summed E-state index contributed by atoms with van der Waals surface area (Å²) in [5.74, 6) is 3.31. The van der Waals surface area contributed by atoms with Gasteiger partial charge >= 0.3 is 0 Å². The first kappa shape index (κ1) is 25.5. The molecule has 0 aliphatic carbocycles. The van der Waals surface area contributed by atoms with Gasteiger partial charge in [-0.3, -0.25) is 0 Å². The van der Waals surface area contributed by atoms with Crippen LogP contribution in [0.15, 0.2) is 23.3 Å². The molecule has 0 spiro atoms. The summed E-state index contributed by atoms with van der Waals surface area (Å²) in [5.41, 5.74) is 3.17. The molecule has 0 nitrogen and oxygen atoms in total.